The number of benzene rings is 2. The molecule has 0 spiro atoms. The molecule has 2 aromatic carbocycles. The van der Waals surface area contributed by atoms with Gasteiger partial charge in [0, 0.05) is 16.8 Å². The first-order valence-corrected chi connectivity index (χ1v) is 10.6. The van der Waals surface area contributed by atoms with Crippen LogP contribution in [0, 0.1) is 20.8 Å². The van der Waals surface area contributed by atoms with Gasteiger partial charge in [0.1, 0.15) is 4.67 Å². The first kappa shape index (κ1) is 16.6. The number of fused-ring (bicyclic) bond motifs is 3. The van der Waals surface area contributed by atoms with Crippen LogP contribution in [0.2, 0.25) is 0 Å². The highest BCUT2D eigenvalue weighted by Gasteiger charge is 2.33. The molecule has 128 valence electrons. The van der Waals surface area contributed by atoms with E-state index in [-0.39, 0.29) is 5.54 Å². The minimum atomic E-state index is -0.0751. The lowest BCUT2D eigenvalue weighted by Crippen LogP contribution is -2.31. The van der Waals surface area contributed by atoms with Gasteiger partial charge in [-0.15, -0.1) is 0 Å². The average molecular weight is 367 g/mol. The molecule has 1 N–H and O–H groups in total. The molecule has 0 saturated carbocycles. The predicted octanol–water partition coefficient (Wildman–Crippen LogP) is 6.29. The molecule has 4 heteroatoms. The van der Waals surface area contributed by atoms with Crippen LogP contribution in [0.15, 0.2) is 41.4 Å². The molecule has 1 aliphatic rings. The van der Waals surface area contributed by atoms with Gasteiger partial charge in [0.15, 0.2) is 0 Å². The molecule has 0 saturated heterocycles. The Morgan fingerprint density at radius 3 is 2.48 bits per heavy atom. The summed E-state index contributed by atoms with van der Waals surface area (Å²) in [6.07, 6.45) is 0. The molecule has 0 amide bonds. The highest BCUT2D eigenvalue weighted by molar-refractivity contribution is 7.68. The molecule has 0 fully saturated rings. The number of nitrogens with zero attached hydrogens (tertiary/aromatic N) is 1. The van der Waals surface area contributed by atoms with Gasteiger partial charge in [0.05, 0.1) is 16.1 Å². The van der Waals surface area contributed by atoms with Gasteiger partial charge in [0.25, 0.3) is 0 Å². The molecule has 2 nitrogen and oxygen atoms in total. The third-order valence-electron chi connectivity index (χ3n) is 4.83. The van der Waals surface area contributed by atoms with E-state index < -0.39 is 0 Å². The van der Waals surface area contributed by atoms with Crippen LogP contribution in [0.25, 0.3) is 11.1 Å². The Morgan fingerprint density at radius 2 is 1.72 bits per heavy atom. The van der Waals surface area contributed by atoms with Crippen molar-refractivity contribution in [3.63, 3.8) is 0 Å². The summed E-state index contributed by atoms with van der Waals surface area (Å²) in [6, 6.07) is 13.1. The highest BCUT2D eigenvalue weighted by atomic mass is 32.9. The van der Waals surface area contributed by atoms with Crippen molar-refractivity contribution in [3.8, 4) is 11.1 Å². The molecule has 4 rings (SSSR count). The second kappa shape index (κ2) is 5.82. The van der Waals surface area contributed by atoms with E-state index in [0.717, 1.165) is 10.4 Å². The van der Waals surface area contributed by atoms with Crippen LogP contribution >= 0.6 is 20.7 Å². The van der Waals surface area contributed by atoms with Gasteiger partial charge in [-0.2, -0.15) is 0 Å². The van der Waals surface area contributed by atoms with Gasteiger partial charge < -0.3 is 5.32 Å². The van der Waals surface area contributed by atoms with E-state index in [9.17, 15) is 0 Å². The summed E-state index contributed by atoms with van der Waals surface area (Å²) < 4.78 is 1.11. The summed E-state index contributed by atoms with van der Waals surface area (Å²) in [7, 11) is 3.61. The zero-order valence-corrected chi connectivity index (χ0v) is 16.9. The number of hydrogen-bond donors (Lipinski definition) is 1. The SMILES string of the molecule is Cc1ccc2c(c1)NC(C)(C)c1ssc(=Nc3ccc(C)c(C)c3)c1-2. The van der Waals surface area contributed by atoms with E-state index in [1.54, 1.807) is 10.3 Å². The minimum Gasteiger partial charge on any atom is -0.375 e. The normalized spacial score (nSPS) is 15.5. The number of nitrogens with one attached hydrogen (secondary N) is 1. The van der Waals surface area contributed by atoms with Gasteiger partial charge in [-0.1, -0.05) is 38.9 Å². The maximum Gasteiger partial charge on any atom is 0.135 e. The van der Waals surface area contributed by atoms with Gasteiger partial charge in [0.2, 0.25) is 0 Å². The van der Waals surface area contributed by atoms with E-state index in [4.69, 9.17) is 4.99 Å². The number of rotatable bonds is 1. The standard InChI is InChI=1S/C21H22N2S2/c1-12-6-9-16-17(10-12)23-21(4,5)19-18(16)20(25-24-19)22-15-8-7-13(2)14(3)11-15/h6-11,23H,1-5H3. The van der Waals surface area contributed by atoms with Crippen molar-refractivity contribution < 1.29 is 0 Å². The zero-order chi connectivity index (χ0) is 17.8. The third kappa shape index (κ3) is 2.83. The quantitative estimate of drug-likeness (QED) is 0.502. The molecule has 2 heterocycles. The molecule has 1 aromatic heterocycles. The van der Waals surface area contributed by atoms with Crippen LogP contribution < -0.4 is 9.99 Å². The van der Waals surface area contributed by atoms with Crippen molar-refractivity contribution in [3.05, 3.63) is 62.6 Å². The van der Waals surface area contributed by atoms with E-state index >= 15 is 0 Å². The molecule has 25 heavy (non-hydrogen) atoms. The summed E-state index contributed by atoms with van der Waals surface area (Å²) in [4.78, 5) is 6.38. The Hall–Kier alpha value is -1.91. The van der Waals surface area contributed by atoms with Crippen molar-refractivity contribution in [2.24, 2.45) is 4.99 Å². The third-order valence-corrected chi connectivity index (χ3v) is 7.47. The van der Waals surface area contributed by atoms with Gasteiger partial charge in [-0.25, -0.2) is 4.99 Å². The Labute approximate surface area is 156 Å². The fraction of sp³-hybridized carbons (Fsp3) is 0.286. The van der Waals surface area contributed by atoms with E-state index in [0.29, 0.717) is 0 Å². The Kier molecular flexibility index (Phi) is 3.85. The first-order valence-electron chi connectivity index (χ1n) is 8.50. The fourth-order valence-electron chi connectivity index (χ4n) is 3.28. The van der Waals surface area contributed by atoms with Crippen LogP contribution in [0.1, 0.15) is 35.4 Å². The topological polar surface area (TPSA) is 24.4 Å². The van der Waals surface area contributed by atoms with Gasteiger partial charge >= 0.3 is 0 Å². The van der Waals surface area contributed by atoms with Crippen molar-refractivity contribution in [2.75, 3.05) is 5.32 Å². The summed E-state index contributed by atoms with van der Waals surface area (Å²) >= 11 is 0. The zero-order valence-electron chi connectivity index (χ0n) is 15.2. The van der Waals surface area contributed by atoms with Crippen LogP contribution in [0.5, 0.6) is 0 Å². The summed E-state index contributed by atoms with van der Waals surface area (Å²) in [6.45, 7) is 10.9. The lowest BCUT2D eigenvalue weighted by Gasteiger charge is -2.33. The smallest absolute Gasteiger partial charge is 0.135 e. The van der Waals surface area contributed by atoms with E-state index in [1.807, 2.05) is 10.3 Å². The Bertz CT molecular complexity index is 1040. The van der Waals surface area contributed by atoms with Crippen LogP contribution in [-0.4, -0.2) is 0 Å². The van der Waals surface area contributed by atoms with Crippen molar-refractivity contribution in [1.82, 2.24) is 0 Å². The number of hydrogen-bond acceptors (Lipinski definition) is 4. The second-order valence-corrected chi connectivity index (χ2v) is 9.48. The number of anilines is 1. The maximum atomic E-state index is 5.00. The molecule has 0 aliphatic carbocycles. The largest absolute Gasteiger partial charge is 0.375 e. The van der Waals surface area contributed by atoms with Crippen molar-refractivity contribution in [2.45, 2.75) is 40.2 Å². The monoisotopic (exact) mass is 366 g/mol. The lowest BCUT2D eigenvalue weighted by molar-refractivity contribution is 0.619. The molecule has 0 radical (unpaired) electrons. The van der Waals surface area contributed by atoms with Crippen LogP contribution in [0.4, 0.5) is 11.4 Å². The van der Waals surface area contributed by atoms with Crippen LogP contribution in [-0.2, 0) is 5.54 Å². The maximum absolute atomic E-state index is 5.00. The summed E-state index contributed by atoms with van der Waals surface area (Å²) in [5, 5.41) is 3.70. The summed E-state index contributed by atoms with van der Waals surface area (Å²) in [5.41, 5.74) is 8.59. The number of aryl methyl sites for hydroxylation is 3. The highest BCUT2D eigenvalue weighted by Crippen LogP contribution is 2.45. The molecular formula is C21H22N2S2. The minimum absolute atomic E-state index is 0.0751. The molecule has 0 atom stereocenters. The van der Waals surface area contributed by atoms with Gasteiger partial charge in [-0.3, -0.25) is 0 Å². The second-order valence-electron chi connectivity index (χ2n) is 7.36. The molecule has 1 aliphatic heterocycles. The van der Waals surface area contributed by atoms with Gasteiger partial charge in [-0.05, 0) is 69.5 Å². The van der Waals surface area contributed by atoms with E-state index in [1.165, 1.54) is 38.4 Å². The summed E-state index contributed by atoms with van der Waals surface area (Å²) in [5.74, 6) is 0. The van der Waals surface area contributed by atoms with Crippen molar-refractivity contribution in [1.29, 1.82) is 0 Å². The fourth-order valence-corrected chi connectivity index (χ4v) is 6.21. The molecule has 0 bridgehead atoms. The molecular weight excluding hydrogens is 344 g/mol. The average Bonchev–Trinajstić information content (AvgIpc) is 2.95. The first-order chi connectivity index (χ1) is 11.8. The molecule has 0 unspecified atom stereocenters. The van der Waals surface area contributed by atoms with E-state index in [2.05, 4.69) is 76.3 Å². The Morgan fingerprint density at radius 1 is 0.920 bits per heavy atom. The Balaban J connectivity index is 1.96. The van der Waals surface area contributed by atoms with Crippen LogP contribution in [0.3, 0.4) is 0 Å². The van der Waals surface area contributed by atoms with Crippen molar-refractivity contribution >= 4 is 32.1 Å². The lowest BCUT2D eigenvalue weighted by atomic mass is 9.89. The predicted molar refractivity (Wildman–Crippen MR) is 110 cm³/mol. The molecule has 3 aromatic rings.